The number of nitrogens with zero attached hydrogens (tertiary/aromatic N) is 1. The van der Waals surface area contributed by atoms with Gasteiger partial charge in [-0.05, 0) is 36.6 Å². The van der Waals surface area contributed by atoms with Gasteiger partial charge in [-0.3, -0.25) is 9.59 Å². The number of aliphatic carboxylic acids is 1. The molecule has 1 heterocycles. The maximum atomic E-state index is 13.3. The molecule has 3 aromatic rings. The topological polar surface area (TPSA) is 106 Å². The van der Waals surface area contributed by atoms with Crippen molar-refractivity contribution in [2.45, 2.75) is 90.5 Å². The van der Waals surface area contributed by atoms with Crippen LogP contribution in [0.25, 0.3) is 10.9 Å². The highest BCUT2D eigenvalue weighted by Crippen LogP contribution is 2.29. The van der Waals surface area contributed by atoms with Crippen LogP contribution in [0.1, 0.15) is 104 Å². The maximum absolute atomic E-state index is 13.3. The van der Waals surface area contributed by atoms with Crippen LogP contribution in [-0.4, -0.2) is 39.1 Å². The number of aryl methyl sites for hydroxylation is 1. The highest BCUT2D eigenvalue weighted by molar-refractivity contribution is 6.15. The molecule has 0 aliphatic heterocycles. The summed E-state index contributed by atoms with van der Waals surface area (Å²) in [6.45, 7) is 2.71. The van der Waals surface area contributed by atoms with Gasteiger partial charge >= 0.3 is 11.9 Å². The van der Waals surface area contributed by atoms with E-state index in [2.05, 4.69) is 6.92 Å². The number of hydrogen-bond donors (Lipinski definition) is 2. The minimum absolute atomic E-state index is 0.0183. The van der Waals surface area contributed by atoms with Gasteiger partial charge in [-0.15, -0.1) is 0 Å². The molecular weight excluding hydrogens is 494 g/mol. The van der Waals surface area contributed by atoms with Gasteiger partial charge in [-0.1, -0.05) is 88.6 Å². The van der Waals surface area contributed by atoms with Crippen LogP contribution in [0.4, 0.5) is 0 Å². The Bertz CT molecular complexity index is 1230. The molecule has 2 aromatic carbocycles. The molecule has 0 amide bonds. The fourth-order valence-corrected chi connectivity index (χ4v) is 5.02. The van der Waals surface area contributed by atoms with Crippen LogP contribution in [0.5, 0.6) is 5.75 Å². The highest BCUT2D eigenvalue weighted by Gasteiger charge is 2.26. The Labute approximate surface area is 230 Å². The minimum atomic E-state index is -1.12. The molecule has 7 heteroatoms. The first-order chi connectivity index (χ1) is 18.9. The summed E-state index contributed by atoms with van der Waals surface area (Å²) in [5.74, 6) is -1.47. The van der Waals surface area contributed by atoms with Crippen molar-refractivity contribution < 1.29 is 29.3 Å². The number of ether oxygens (including phenoxy) is 1. The number of Topliss-reactive ketones (excluding diaryl/α,β-unsaturated/α-hetero) is 1. The monoisotopic (exact) mass is 535 g/mol. The van der Waals surface area contributed by atoms with Crippen LogP contribution in [0.3, 0.4) is 0 Å². The number of unbranched alkanes of at least 4 members (excludes halogenated alkanes) is 8. The Kier molecular flexibility index (Phi) is 12.1. The lowest BCUT2D eigenvalue weighted by molar-refractivity contribution is -0.136. The van der Waals surface area contributed by atoms with Gasteiger partial charge in [0.2, 0.25) is 0 Å². The molecule has 3 rings (SSSR count). The SMILES string of the molecule is CCCCCCCCCCCC(=O)c1c(C(=O)O)n(CCOc2ccc(CCC(=O)O)cc2)c2ccccc12. The van der Waals surface area contributed by atoms with Gasteiger partial charge in [0.25, 0.3) is 0 Å². The summed E-state index contributed by atoms with van der Waals surface area (Å²) >= 11 is 0. The van der Waals surface area contributed by atoms with E-state index in [1.165, 1.54) is 38.5 Å². The first kappa shape index (κ1) is 29.9. The van der Waals surface area contributed by atoms with Gasteiger partial charge in [0.15, 0.2) is 5.78 Å². The number of para-hydroxylation sites is 1. The summed E-state index contributed by atoms with van der Waals surface area (Å²) in [6, 6.07) is 14.6. The number of aromatic carboxylic acids is 1. The number of carboxylic acids is 2. The zero-order valence-electron chi connectivity index (χ0n) is 23.0. The van der Waals surface area contributed by atoms with Gasteiger partial charge in [-0.2, -0.15) is 0 Å². The van der Waals surface area contributed by atoms with E-state index < -0.39 is 11.9 Å². The quantitative estimate of drug-likeness (QED) is 0.121. The first-order valence-electron chi connectivity index (χ1n) is 14.2. The van der Waals surface area contributed by atoms with Crippen LogP contribution < -0.4 is 4.74 Å². The van der Waals surface area contributed by atoms with Crippen molar-refractivity contribution in [1.82, 2.24) is 4.57 Å². The molecule has 0 spiro atoms. The number of hydrogen-bond acceptors (Lipinski definition) is 4. The Hall–Kier alpha value is -3.61. The van der Waals surface area contributed by atoms with Gasteiger partial charge in [0.05, 0.1) is 12.1 Å². The highest BCUT2D eigenvalue weighted by atomic mass is 16.5. The maximum Gasteiger partial charge on any atom is 0.353 e. The van der Waals surface area contributed by atoms with Crippen LogP contribution in [0.15, 0.2) is 48.5 Å². The standard InChI is InChI=1S/C32H41NO6/c1-2-3-4-5-6-7-8-9-10-15-28(34)30-26-13-11-12-14-27(26)33(31(30)32(37)38)22-23-39-25-19-16-24(17-20-25)18-21-29(35)36/h11-14,16-17,19-20H,2-10,15,18,21-23H2,1H3,(H,35,36)(H,37,38). The largest absolute Gasteiger partial charge is 0.492 e. The molecule has 1 aromatic heterocycles. The van der Waals surface area contributed by atoms with Crippen LogP contribution >= 0.6 is 0 Å². The molecule has 0 aliphatic rings. The van der Waals surface area contributed by atoms with E-state index in [0.29, 0.717) is 35.1 Å². The second-order valence-corrected chi connectivity index (χ2v) is 10.1. The number of fused-ring (bicyclic) bond motifs is 1. The molecule has 0 saturated carbocycles. The summed E-state index contributed by atoms with van der Waals surface area (Å²) < 4.78 is 7.53. The van der Waals surface area contributed by atoms with E-state index in [1.54, 1.807) is 16.7 Å². The van der Waals surface area contributed by atoms with Crippen molar-refractivity contribution >= 4 is 28.6 Å². The van der Waals surface area contributed by atoms with E-state index in [4.69, 9.17) is 9.84 Å². The van der Waals surface area contributed by atoms with Crippen LogP contribution in [0, 0.1) is 0 Å². The second kappa shape index (κ2) is 15.7. The predicted octanol–water partition coefficient (Wildman–Crippen LogP) is 7.54. The second-order valence-electron chi connectivity index (χ2n) is 10.1. The zero-order chi connectivity index (χ0) is 28.0. The average Bonchev–Trinajstić information content (AvgIpc) is 3.26. The third-order valence-electron chi connectivity index (χ3n) is 7.09. The molecule has 39 heavy (non-hydrogen) atoms. The lowest BCUT2D eigenvalue weighted by Gasteiger charge is -2.11. The lowest BCUT2D eigenvalue weighted by Crippen LogP contribution is -2.16. The third kappa shape index (κ3) is 8.98. The Morgan fingerprint density at radius 1 is 0.795 bits per heavy atom. The molecule has 2 N–H and O–H groups in total. The number of ketones is 1. The molecule has 0 saturated heterocycles. The van der Waals surface area contributed by atoms with Crippen molar-refractivity contribution in [2.24, 2.45) is 0 Å². The number of carbonyl (C=O) groups is 3. The van der Waals surface area contributed by atoms with Crippen molar-refractivity contribution in [3.05, 3.63) is 65.4 Å². The van der Waals surface area contributed by atoms with E-state index in [0.717, 1.165) is 24.8 Å². The van der Waals surface area contributed by atoms with Crippen molar-refractivity contribution in [3.63, 3.8) is 0 Å². The zero-order valence-corrected chi connectivity index (χ0v) is 23.0. The average molecular weight is 536 g/mol. The van der Waals surface area contributed by atoms with E-state index in [1.807, 2.05) is 36.4 Å². The number of carboxylic acid groups (broad SMARTS) is 2. The smallest absolute Gasteiger partial charge is 0.353 e. The summed E-state index contributed by atoms with van der Waals surface area (Å²) in [6.07, 6.45) is 11.2. The fraction of sp³-hybridized carbons (Fsp3) is 0.469. The van der Waals surface area contributed by atoms with Crippen molar-refractivity contribution in [2.75, 3.05) is 6.61 Å². The molecule has 210 valence electrons. The first-order valence-corrected chi connectivity index (χ1v) is 14.2. The van der Waals surface area contributed by atoms with Gasteiger partial charge in [-0.25, -0.2) is 4.79 Å². The summed E-state index contributed by atoms with van der Waals surface area (Å²) in [7, 11) is 0. The normalized spacial score (nSPS) is 11.1. The lowest BCUT2D eigenvalue weighted by atomic mass is 10.0. The Morgan fingerprint density at radius 2 is 1.44 bits per heavy atom. The molecule has 0 bridgehead atoms. The third-order valence-corrected chi connectivity index (χ3v) is 7.09. The van der Waals surface area contributed by atoms with Crippen LogP contribution in [0.2, 0.25) is 0 Å². The summed E-state index contributed by atoms with van der Waals surface area (Å²) in [5.41, 5.74) is 1.92. The van der Waals surface area contributed by atoms with Crippen molar-refractivity contribution in [3.8, 4) is 5.75 Å². The van der Waals surface area contributed by atoms with Gasteiger partial charge in [0.1, 0.15) is 18.1 Å². The molecule has 7 nitrogen and oxygen atoms in total. The van der Waals surface area contributed by atoms with Crippen LogP contribution in [-0.2, 0) is 17.8 Å². The number of rotatable bonds is 19. The molecule has 0 fully saturated rings. The van der Waals surface area contributed by atoms with Gasteiger partial charge < -0.3 is 19.5 Å². The minimum Gasteiger partial charge on any atom is -0.492 e. The number of carbonyl (C=O) groups excluding carboxylic acids is 1. The molecule has 0 aliphatic carbocycles. The molecular formula is C32H41NO6. The summed E-state index contributed by atoms with van der Waals surface area (Å²) in [5, 5.41) is 19.6. The number of benzene rings is 2. The van der Waals surface area contributed by atoms with E-state index >= 15 is 0 Å². The predicted molar refractivity (Wildman–Crippen MR) is 153 cm³/mol. The molecule has 0 radical (unpaired) electrons. The molecule has 0 atom stereocenters. The Morgan fingerprint density at radius 3 is 2.08 bits per heavy atom. The molecule has 0 unspecified atom stereocenters. The van der Waals surface area contributed by atoms with Gasteiger partial charge in [0, 0.05) is 23.7 Å². The van der Waals surface area contributed by atoms with E-state index in [-0.39, 0.29) is 31.0 Å². The summed E-state index contributed by atoms with van der Waals surface area (Å²) in [4.78, 5) is 36.4. The van der Waals surface area contributed by atoms with E-state index in [9.17, 15) is 19.5 Å². The van der Waals surface area contributed by atoms with Crippen molar-refractivity contribution in [1.29, 1.82) is 0 Å². The Balaban J connectivity index is 1.62. The number of aromatic nitrogens is 1. The fourth-order valence-electron chi connectivity index (χ4n) is 5.02.